The summed E-state index contributed by atoms with van der Waals surface area (Å²) < 4.78 is 32.3. The molecule has 6 nitrogen and oxygen atoms in total. The highest BCUT2D eigenvalue weighted by Crippen LogP contribution is 2.41. The molecular weight excluding hydrogens is 316 g/mol. The number of carbonyl (C=O) groups excluding carboxylic acids is 1. The van der Waals surface area contributed by atoms with E-state index in [2.05, 4.69) is 5.32 Å². The lowest BCUT2D eigenvalue weighted by atomic mass is 9.89. The van der Waals surface area contributed by atoms with Gasteiger partial charge in [0, 0.05) is 19.6 Å². The minimum Gasteiger partial charge on any atom is -0.362 e. The summed E-state index contributed by atoms with van der Waals surface area (Å²) in [6, 6.07) is 0. The van der Waals surface area contributed by atoms with Crippen molar-refractivity contribution >= 4 is 15.9 Å². The molecule has 2 heterocycles. The predicted molar refractivity (Wildman–Crippen MR) is 85.3 cm³/mol. The van der Waals surface area contributed by atoms with Crippen molar-refractivity contribution in [1.29, 1.82) is 0 Å². The molecule has 0 unspecified atom stereocenters. The summed E-state index contributed by atoms with van der Waals surface area (Å²) in [5.74, 6) is 0.687. The van der Waals surface area contributed by atoms with Gasteiger partial charge in [-0.25, -0.2) is 12.7 Å². The summed E-state index contributed by atoms with van der Waals surface area (Å²) in [6.45, 7) is 1.85. The van der Waals surface area contributed by atoms with Crippen LogP contribution >= 0.6 is 0 Å². The van der Waals surface area contributed by atoms with Crippen molar-refractivity contribution < 1.29 is 17.9 Å². The van der Waals surface area contributed by atoms with Crippen LogP contribution in [0.1, 0.15) is 51.4 Å². The van der Waals surface area contributed by atoms with Gasteiger partial charge in [0.15, 0.2) is 0 Å². The Morgan fingerprint density at radius 1 is 1.09 bits per heavy atom. The maximum atomic E-state index is 12.3. The van der Waals surface area contributed by atoms with Crippen LogP contribution in [0, 0.1) is 5.92 Å². The van der Waals surface area contributed by atoms with Gasteiger partial charge in [0.05, 0.1) is 10.9 Å². The number of hydrogen-bond acceptors (Lipinski definition) is 4. The minimum absolute atomic E-state index is 0.0156. The molecule has 2 aliphatic heterocycles. The van der Waals surface area contributed by atoms with Gasteiger partial charge in [0.1, 0.15) is 6.10 Å². The first-order valence-electron chi connectivity index (χ1n) is 8.93. The zero-order valence-corrected chi connectivity index (χ0v) is 14.3. The molecule has 0 aromatic carbocycles. The fourth-order valence-corrected chi connectivity index (χ4v) is 5.62. The maximum Gasteiger partial charge on any atom is 0.249 e. The van der Waals surface area contributed by atoms with Gasteiger partial charge in [0.2, 0.25) is 15.9 Å². The number of nitrogens with zero attached hydrogens (tertiary/aromatic N) is 1. The van der Waals surface area contributed by atoms with Crippen LogP contribution in [0.4, 0.5) is 0 Å². The number of hydrogen-bond donors (Lipinski definition) is 1. The molecule has 4 fully saturated rings. The van der Waals surface area contributed by atoms with E-state index in [0.717, 1.165) is 32.2 Å². The number of sulfonamides is 1. The molecule has 2 saturated heterocycles. The van der Waals surface area contributed by atoms with Crippen molar-refractivity contribution in [3.8, 4) is 0 Å². The molecule has 0 bridgehead atoms. The molecule has 0 aromatic heterocycles. The minimum atomic E-state index is -3.08. The fourth-order valence-electron chi connectivity index (χ4n) is 3.77. The van der Waals surface area contributed by atoms with E-state index in [9.17, 15) is 13.2 Å². The van der Waals surface area contributed by atoms with Gasteiger partial charge in [-0.1, -0.05) is 0 Å². The van der Waals surface area contributed by atoms with Gasteiger partial charge in [0.25, 0.3) is 0 Å². The molecule has 4 rings (SSSR count). The Morgan fingerprint density at radius 3 is 2.39 bits per heavy atom. The third kappa shape index (κ3) is 3.28. The SMILES string of the molecule is O=C(NCC1CC1)[C@@H]1CCC2(CCN(S(=O)(=O)C3CC3)CC2)O1. The average molecular weight is 342 g/mol. The summed E-state index contributed by atoms with van der Waals surface area (Å²) in [6.07, 6.45) is 6.77. The molecule has 4 aliphatic rings. The van der Waals surface area contributed by atoms with Crippen molar-refractivity contribution in [3.05, 3.63) is 0 Å². The topological polar surface area (TPSA) is 75.7 Å². The van der Waals surface area contributed by atoms with Crippen LogP contribution < -0.4 is 5.32 Å². The Morgan fingerprint density at radius 2 is 1.78 bits per heavy atom. The third-order valence-corrected chi connectivity index (χ3v) is 8.15. The van der Waals surface area contributed by atoms with Crippen LogP contribution in [0.2, 0.25) is 0 Å². The highest BCUT2D eigenvalue weighted by molar-refractivity contribution is 7.90. The van der Waals surface area contributed by atoms with Crippen molar-refractivity contribution in [1.82, 2.24) is 9.62 Å². The molecule has 0 radical (unpaired) electrons. The van der Waals surface area contributed by atoms with Gasteiger partial charge in [-0.3, -0.25) is 4.79 Å². The lowest BCUT2D eigenvalue weighted by Gasteiger charge is -2.38. The van der Waals surface area contributed by atoms with E-state index in [1.54, 1.807) is 4.31 Å². The molecule has 7 heteroatoms. The van der Waals surface area contributed by atoms with E-state index in [-0.39, 0.29) is 22.9 Å². The van der Waals surface area contributed by atoms with Gasteiger partial charge in [-0.05, 0) is 57.3 Å². The normalized spacial score (nSPS) is 31.4. The number of rotatable bonds is 5. The highest BCUT2D eigenvalue weighted by atomic mass is 32.2. The molecule has 0 aromatic rings. The summed E-state index contributed by atoms with van der Waals surface area (Å²) in [7, 11) is -3.08. The summed E-state index contributed by atoms with van der Waals surface area (Å²) in [4.78, 5) is 12.2. The zero-order chi connectivity index (χ0) is 16.1. The Balaban J connectivity index is 1.30. The molecule has 2 aliphatic carbocycles. The Kier molecular flexibility index (Phi) is 3.93. The van der Waals surface area contributed by atoms with Gasteiger partial charge in [-0.2, -0.15) is 0 Å². The lowest BCUT2D eigenvalue weighted by molar-refractivity contribution is -0.139. The van der Waals surface area contributed by atoms with Crippen molar-refractivity contribution in [2.24, 2.45) is 5.92 Å². The predicted octanol–water partition coefficient (Wildman–Crippen LogP) is 1.02. The Labute approximate surface area is 138 Å². The second-order valence-corrected chi connectivity index (χ2v) is 9.87. The van der Waals surface area contributed by atoms with E-state index in [1.807, 2.05) is 0 Å². The van der Waals surface area contributed by atoms with Crippen LogP contribution in [-0.2, 0) is 19.6 Å². The van der Waals surface area contributed by atoms with Crippen LogP contribution in [0.3, 0.4) is 0 Å². The van der Waals surface area contributed by atoms with Crippen molar-refractivity contribution in [2.75, 3.05) is 19.6 Å². The second-order valence-electron chi connectivity index (χ2n) is 7.66. The smallest absolute Gasteiger partial charge is 0.249 e. The molecule has 23 heavy (non-hydrogen) atoms. The number of carbonyl (C=O) groups is 1. The monoisotopic (exact) mass is 342 g/mol. The van der Waals surface area contributed by atoms with Crippen LogP contribution in [0.15, 0.2) is 0 Å². The third-order valence-electron chi connectivity index (χ3n) is 5.75. The van der Waals surface area contributed by atoms with Gasteiger partial charge < -0.3 is 10.1 Å². The summed E-state index contributed by atoms with van der Waals surface area (Å²) in [5.41, 5.74) is -0.281. The summed E-state index contributed by atoms with van der Waals surface area (Å²) in [5, 5.41) is 2.86. The molecule has 130 valence electrons. The molecule has 1 amide bonds. The van der Waals surface area contributed by atoms with Crippen LogP contribution in [-0.4, -0.2) is 55.2 Å². The molecule has 1 N–H and O–H groups in total. The summed E-state index contributed by atoms with van der Waals surface area (Å²) >= 11 is 0. The first-order chi connectivity index (χ1) is 11.0. The van der Waals surface area contributed by atoms with E-state index in [1.165, 1.54) is 12.8 Å². The standard InChI is InChI=1S/C16H26N2O4S/c19-15(17-11-12-1-2-12)14-5-6-16(22-14)7-9-18(10-8-16)23(20,21)13-3-4-13/h12-14H,1-11H2,(H,17,19)/t14-/m0/s1. The van der Waals surface area contributed by atoms with E-state index in [4.69, 9.17) is 4.74 Å². The molecular formula is C16H26N2O4S. The first kappa shape index (κ1) is 15.8. The molecule has 1 spiro atoms. The van der Waals surface area contributed by atoms with Crippen molar-refractivity contribution in [3.63, 3.8) is 0 Å². The van der Waals surface area contributed by atoms with Gasteiger partial charge >= 0.3 is 0 Å². The highest BCUT2D eigenvalue weighted by Gasteiger charge is 2.48. The zero-order valence-electron chi connectivity index (χ0n) is 13.5. The second kappa shape index (κ2) is 5.70. The van der Waals surface area contributed by atoms with E-state index < -0.39 is 10.0 Å². The quantitative estimate of drug-likeness (QED) is 0.809. The van der Waals surface area contributed by atoms with Crippen LogP contribution in [0.5, 0.6) is 0 Å². The fraction of sp³-hybridized carbons (Fsp3) is 0.938. The van der Waals surface area contributed by atoms with Gasteiger partial charge in [-0.15, -0.1) is 0 Å². The lowest BCUT2D eigenvalue weighted by Crippen LogP contribution is -2.48. The Hall–Kier alpha value is -0.660. The van der Waals surface area contributed by atoms with Crippen LogP contribution in [0.25, 0.3) is 0 Å². The maximum absolute atomic E-state index is 12.3. The Bertz CT molecular complexity index is 575. The molecule has 1 atom stereocenters. The largest absolute Gasteiger partial charge is 0.362 e. The number of amides is 1. The number of ether oxygens (including phenoxy) is 1. The van der Waals surface area contributed by atoms with E-state index >= 15 is 0 Å². The molecule has 2 saturated carbocycles. The number of piperidine rings is 1. The average Bonchev–Trinajstić information content (AvgIpc) is 3.44. The van der Waals surface area contributed by atoms with Crippen molar-refractivity contribution in [2.45, 2.75) is 68.3 Å². The van der Waals surface area contributed by atoms with E-state index in [0.29, 0.717) is 31.8 Å². The number of nitrogens with one attached hydrogen (secondary N) is 1. The first-order valence-corrected chi connectivity index (χ1v) is 10.4.